The molecule has 0 aromatic heterocycles. The van der Waals surface area contributed by atoms with Gasteiger partial charge in [-0.3, -0.25) is 9.69 Å². The number of ether oxygens (including phenoxy) is 1. The molecule has 0 heterocycles. The van der Waals surface area contributed by atoms with Crippen molar-refractivity contribution >= 4 is 17.3 Å². The number of nitrogens with one attached hydrogen (secondary N) is 1. The standard InChI is InChI=1S/C13H21N3O3/c1-19-9-7-16(6-8-17)10-13(18)15-12-5-3-2-4-11(12)14/h2-5,17H,6-10,14H2,1H3,(H,15,18). The maximum atomic E-state index is 11.9. The van der Waals surface area contributed by atoms with Gasteiger partial charge in [0.1, 0.15) is 0 Å². The first-order valence-corrected chi connectivity index (χ1v) is 6.14. The third-order valence-electron chi connectivity index (χ3n) is 2.63. The zero-order valence-electron chi connectivity index (χ0n) is 11.1. The molecule has 0 saturated heterocycles. The number of carbonyl (C=O) groups excluding carboxylic acids is 1. The Morgan fingerprint density at radius 3 is 2.79 bits per heavy atom. The second-order valence-corrected chi connectivity index (χ2v) is 4.13. The SMILES string of the molecule is COCCN(CCO)CC(=O)Nc1ccccc1N. The number of rotatable bonds is 8. The van der Waals surface area contributed by atoms with E-state index in [9.17, 15) is 4.79 Å². The first-order chi connectivity index (χ1) is 9.17. The van der Waals surface area contributed by atoms with Gasteiger partial charge < -0.3 is 20.9 Å². The van der Waals surface area contributed by atoms with Crippen molar-refractivity contribution in [3.05, 3.63) is 24.3 Å². The Morgan fingerprint density at radius 2 is 2.16 bits per heavy atom. The molecular weight excluding hydrogens is 246 g/mol. The fourth-order valence-electron chi connectivity index (χ4n) is 1.64. The van der Waals surface area contributed by atoms with E-state index in [4.69, 9.17) is 15.6 Å². The predicted molar refractivity (Wildman–Crippen MR) is 74.9 cm³/mol. The van der Waals surface area contributed by atoms with E-state index in [0.29, 0.717) is 31.1 Å². The average molecular weight is 267 g/mol. The van der Waals surface area contributed by atoms with Crippen LogP contribution in [0.5, 0.6) is 0 Å². The van der Waals surface area contributed by atoms with Crippen LogP contribution in [-0.2, 0) is 9.53 Å². The molecule has 1 aromatic carbocycles. The van der Waals surface area contributed by atoms with Crippen molar-refractivity contribution in [3.63, 3.8) is 0 Å². The van der Waals surface area contributed by atoms with E-state index in [-0.39, 0.29) is 19.1 Å². The molecule has 0 spiro atoms. The lowest BCUT2D eigenvalue weighted by molar-refractivity contribution is -0.117. The summed E-state index contributed by atoms with van der Waals surface area (Å²) in [5, 5.41) is 11.7. The van der Waals surface area contributed by atoms with Gasteiger partial charge in [0.15, 0.2) is 0 Å². The number of nitrogens with zero attached hydrogens (tertiary/aromatic N) is 1. The van der Waals surface area contributed by atoms with Crippen molar-refractivity contribution in [2.45, 2.75) is 0 Å². The number of methoxy groups -OCH3 is 1. The summed E-state index contributed by atoms with van der Waals surface area (Å²) in [4.78, 5) is 13.7. The van der Waals surface area contributed by atoms with Gasteiger partial charge in [0, 0.05) is 20.2 Å². The number of nitrogen functional groups attached to an aromatic ring is 1. The minimum atomic E-state index is -0.164. The highest BCUT2D eigenvalue weighted by Gasteiger charge is 2.11. The molecule has 6 nitrogen and oxygen atoms in total. The Hall–Kier alpha value is -1.63. The van der Waals surface area contributed by atoms with E-state index in [1.807, 2.05) is 17.0 Å². The summed E-state index contributed by atoms with van der Waals surface area (Å²) in [5.41, 5.74) is 6.88. The summed E-state index contributed by atoms with van der Waals surface area (Å²) >= 11 is 0. The Balaban J connectivity index is 2.50. The van der Waals surface area contributed by atoms with Gasteiger partial charge >= 0.3 is 0 Å². The zero-order chi connectivity index (χ0) is 14.1. The van der Waals surface area contributed by atoms with Crippen molar-refractivity contribution in [1.29, 1.82) is 0 Å². The van der Waals surface area contributed by atoms with E-state index in [1.54, 1.807) is 19.2 Å². The van der Waals surface area contributed by atoms with Gasteiger partial charge in [-0.15, -0.1) is 0 Å². The highest BCUT2D eigenvalue weighted by Crippen LogP contribution is 2.16. The number of para-hydroxylation sites is 2. The maximum Gasteiger partial charge on any atom is 0.238 e. The average Bonchev–Trinajstić information content (AvgIpc) is 2.39. The van der Waals surface area contributed by atoms with Crippen molar-refractivity contribution in [2.24, 2.45) is 0 Å². The largest absolute Gasteiger partial charge is 0.397 e. The minimum absolute atomic E-state index is 0.00443. The van der Waals surface area contributed by atoms with Crippen molar-refractivity contribution in [3.8, 4) is 0 Å². The molecule has 0 aliphatic heterocycles. The topological polar surface area (TPSA) is 87.8 Å². The van der Waals surface area contributed by atoms with Gasteiger partial charge in [-0.05, 0) is 12.1 Å². The second-order valence-electron chi connectivity index (χ2n) is 4.13. The molecule has 0 bridgehead atoms. The number of aliphatic hydroxyl groups is 1. The van der Waals surface area contributed by atoms with Gasteiger partial charge in [-0.2, -0.15) is 0 Å². The molecule has 1 amide bonds. The van der Waals surface area contributed by atoms with E-state index >= 15 is 0 Å². The van der Waals surface area contributed by atoms with Crippen LogP contribution in [0.4, 0.5) is 11.4 Å². The lowest BCUT2D eigenvalue weighted by atomic mass is 10.2. The monoisotopic (exact) mass is 267 g/mol. The first-order valence-electron chi connectivity index (χ1n) is 6.14. The van der Waals surface area contributed by atoms with Crippen LogP contribution in [0.3, 0.4) is 0 Å². The molecule has 106 valence electrons. The molecule has 0 atom stereocenters. The number of nitrogens with two attached hydrogens (primary N) is 1. The highest BCUT2D eigenvalue weighted by atomic mass is 16.5. The maximum absolute atomic E-state index is 11.9. The van der Waals surface area contributed by atoms with Crippen molar-refractivity contribution in [2.75, 3.05) is 51.0 Å². The molecule has 1 rings (SSSR count). The van der Waals surface area contributed by atoms with Crippen LogP contribution < -0.4 is 11.1 Å². The van der Waals surface area contributed by atoms with Crippen LogP contribution in [0.2, 0.25) is 0 Å². The smallest absolute Gasteiger partial charge is 0.238 e. The molecule has 19 heavy (non-hydrogen) atoms. The summed E-state index contributed by atoms with van der Waals surface area (Å²) in [6.45, 7) is 1.74. The molecule has 0 aliphatic carbocycles. The van der Waals surface area contributed by atoms with Gasteiger partial charge in [0.2, 0.25) is 5.91 Å². The number of carbonyl (C=O) groups is 1. The third kappa shape index (κ3) is 5.69. The summed E-state index contributed by atoms with van der Waals surface area (Å²) in [6, 6.07) is 7.09. The molecule has 4 N–H and O–H groups in total. The summed E-state index contributed by atoms with van der Waals surface area (Å²) < 4.78 is 4.96. The number of benzene rings is 1. The number of anilines is 2. The Kier molecular flexibility index (Phi) is 6.88. The fraction of sp³-hybridized carbons (Fsp3) is 0.462. The molecule has 0 fully saturated rings. The van der Waals surface area contributed by atoms with Crippen LogP contribution in [0, 0.1) is 0 Å². The van der Waals surface area contributed by atoms with Crippen molar-refractivity contribution < 1.29 is 14.6 Å². The molecule has 6 heteroatoms. The second kappa shape index (κ2) is 8.47. The van der Waals surface area contributed by atoms with Crippen LogP contribution in [0.15, 0.2) is 24.3 Å². The zero-order valence-corrected chi connectivity index (χ0v) is 11.1. The van der Waals surface area contributed by atoms with Gasteiger partial charge in [-0.1, -0.05) is 12.1 Å². The lowest BCUT2D eigenvalue weighted by Crippen LogP contribution is -2.37. The van der Waals surface area contributed by atoms with Crippen LogP contribution in [-0.4, -0.2) is 55.9 Å². The van der Waals surface area contributed by atoms with Crippen LogP contribution in [0.1, 0.15) is 0 Å². The third-order valence-corrected chi connectivity index (χ3v) is 2.63. The number of hydrogen-bond acceptors (Lipinski definition) is 5. The first kappa shape index (κ1) is 15.4. The van der Waals surface area contributed by atoms with Gasteiger partial charge in [-0.25, -0.2) is 0 Å². The minimum Gasteiger partial charge on any atom is -0.397 e. The Labute approximate surface area is 113 Å². The van der Waals surface area contributed by atoms with E-state index in [0.717, 1.165) is 0 Å². The summed E-state index contributed by atoms with van der Waals surface area (Å²) in [6.07, 6.45) is 0. The molecular formula is C13H21N3O3. The van der Waals surface area contributed by atoms with Crippen LogP contribution >= 0.6 is 0 Å². The van der Waals surface area contributed by atoms with E-state index in [1.165, 1.54) is 0 Å². The molecule has 1 aromatic rings. The summed E-state index contributed by atoms with van der Waals surface area (Å²) in [7, 11) is 1.60. The normalized spacial score (nSPS) is 10.7. The van der Waals surface area contributed by atoms with Gasteiger partial charge in [0.25, 0.3) is 0 Å². The number of amides is 1. The Morgan fingerprint density at radius 1 is 1.42 bits per heavy atom. The number of aliphatic hydroxyl groups excluding tert-OH is 1. The molecule has 0 aliphatic rings. The van der Waals surface area contributed by atoms with Crippen molar-refractivity contribution in [1.82, 2.24) is 4.90 Å². The van der Waals surface area contributed by atoms with E-state index < -0.39 is 0 Å². The molecule has 0 unspecified atom stereocenters. The predicted octanol–water partition coefficient (Wildman–Crippen LogP) is 0.148. The van der Waals surface area contributed by atoms with Crippen LogP contribution in [0.25, 0.3) is 0 Å². The highest BCUT2D eigenvalue weighted by molar-refractivity contribution is 5.95. The quantitative estimate of drug-likeness (QED) is 0.583. The lowest BCUT2D eigenvalue weighted by Gasteiger charge is -2.20. The fourth-order valence-corrected chi connectivity index (χ4v) is 1.64. The van der Waals surface area contributed by atoms with Gasteiger partial charge in [0.05, 0.1) is 31.1 Å². The molecule has 0 radical (unpaired) electrons. The van der Waals surface area contributed by atoms with E-state index in [2.05, 4.69) is 5.32 Å². The number of hydrogen-bond donors (Lipinski definition) is 3. The summed E-state index contributed by atoms with van der Waals surface area (Å²) in [5.74, 6) is -0.164. The Bertz CT molecular complexity index is 398. The molecule has 0 saturated carbocycles.